The SMILES string of the molecule is COc1ccc(CC(=O)OCC(=O)N[C@H](CC(C)C)c2ccccc2)cc1F. The van der Waals surface area contributed by atoms with Gasteiger partial charge >= 0.3 is 5.97 Å². The molecule has 0 fully saturated rings. The van der Waals surface area contributed by atoms with Crippen LogP contribution in [-0.4, -0.2) is 25.6 Å². The highest BCUT2D eigenvalue weighted by molar-refractivity contribution is 5.81. The highest BCUT2D eigenvalue weighted by Crippen LogP contribution is 2.21. The van der Waals surface area contributed by atoms with Gasteiger partial charge in [0, 0.05) is 0 Å². The first-order chi connectivity index (χ1) is 13.4. The number of ether oxygens (including phenoxy) is 2. The van der Waals surface area contributed by atoms with Gasteiger partial charge in [-0.3, -0.25) is 9.59 Å². The summed E-state index contributed by atoms with van der Waals surface area (Å²) in [7, 11) is 1.37. The Morgan fingerprint density at radius 3 is 2.43 bits per heavy atom. The van der Waals surface area contributed by atoms with E-state index in [0.717, 1.165) is 12.0 Å². The molecule has 2 aromatic carbocycles. The molecule has 1 atom stereocenters. The average Bonchev–Trinajstić information content (AvgIpc) is 2.66. The van der Waals surface area contributed by atoms with Gasteiger partial charge in [-0.15, -0.1) is 0 Å². The smallest absolute Gasteiger partial charge is 0.310 e. The monoisotopic (exact) mass is 387 g/mol. The molecule has 0 saturated carbocycles. The maximum Gasteiger partial charge on any atom is 0.310 e. The fourth-order valence-corrected chi connectivity index (χ4v) is 2.85. The summed E-state index contributed by atoms with van der Waals surface area (Å²) in [5, 5.41) is 2.92. The summed E-state index contributed by atoms with van der Waals surface area (Å²) in [6, 6.07) is 13.8. The van der Waals surface area contributed by atoms with E-state index in [1.165, 1.54) is 19.2 Å². The molecule has 0 saturated heterocycles. The lowest BCUT2D eigenvalue weighted by Gasteiger charge is -2.21. The Kier molecular flexibility index (Phi) is 7.99. The van der Waals surface area contributed by atoms with Gasteiger partial charge in [0.05, 0.1) is 19.6 Å². The molecule has 150 valence electrons. The van der Waals surface area contributed by atoms with Crippen LogP contribution >= 0.6 is 0 Å². The summed E-state index contributed by atoms with van der Waals surface area (Å²) in [5.74, 6) is -1.03. The molecule has 0 aliphatic heterocycles. The number of benzene rings is 2. The molecule has 1 amide bonds. The van der Waals surface area contributed by atoms with Gasteiger partial charge in [0.25, 0.3) is 5.91 Å². The third-order valence-electron chi connectivity index (χ3n) is 4.17. The van der Waals surface area contributed by atoms with E-state index in [1.807, 2.05) is 30.3 Å². The molecule has 0 aromatic heterocycles. The fraction of sp³-hybridized carbons (Fsp3) is 0.364. The lowest BCUT2D eigenvalue weighted by Crippen LogP contribution is -2.33. The largest absolute Gasteiger partial charge is 0.494 e. The lowest BCUT2D eigenvalue weighted by atomic mass is 9.97. The third kappa shape index (κ3) is 6.68. The van der Waals surface area contributed by atoms with Crippen molar-refractivity contribution in [3.8, 4) is 5.75 Å². The first-order valence-electron chi connectivity index (χ1n) is 9.21. The number of esters is 1. The normalized spacial score (nSPS) is 11.8. The minimum atomic E-state index is -0.597. The Balaban J connectivity index is 1.87. The molecule has 2 aromatic rings. The summed E-state index contributed by atoms with van der Waals surface area (Å²) in [6.07, 6.45) is 0.650. The topological polar surface area (TPSA) is 64.6 Å². The molecular formula is C22H26FNO4. The summed E-state index contributed by atoms with van der Waals surface area (Å²) >= 11 is 0. The highest BCUT2D eigenvalue weighted by Gasteiger charge is 2.17. The van der Waals surface area contributed by atoms with Gasteiger partial charge in [0.1, 0.15) is 0 Å². The average molecular weight is 387 g/mol. The van der Waals surface area contributed by atoms with Crippen molar-refractivity contribution in [2.24, 2.45) is 5.92 Å². The van der Waals surface area contributed by atoms with Gasteiger partial charge < -0.3 is 14.8 Å². The number of carbonyl (C=O) groups excluding carboxylic acids is 2. The fourth-order valence-electron chi connectivity index (χ4n) is 2.85. The van der Waals surface area contributed by atoms with Crippen molar-refractivity contribution in [3.05, 3.63) is 65.5 Å². The van der Waals surface area contributed by atoms with Gasteiger partial charge in [0.15, 0.2) is 18.2 Å². The number of methoxy groups -OCH3 is 1. The summed E-state index contributed by atoms with van der Waals surface area (Å²) in [5.41, 5.74) is 1.45. The van der Waals surface area contributed by atoms with Crippen molar-refractivity contribution in [3.63, 3.8) is 0 Å². The van der Waals surface area contributed by atoms with Crippen molar-refractivity contribution < 1.29 is 23.5 Å². The lowest BCUT2D eigenvalue weighted by molar-refractivity contribution is -0.148. The number of amides is 1. The first-order valence-corrected chi connectivity index (χ1v) is 9.21. The van der Waals surface area contributed by atoms with E-state index in [2.05, 4.69) is 19.2 Å². The summed E-state index contributed by atoms with van der Waals surface area (Å²) in [4.78, 5) is 24.2. The number of carbonyl (C=O) groups is 2. The molecule has 0 heterocycles. The molecule has 0 aliphatic rings. The van der Waals surface area contributed by atoms with E-state index in [4.69, 9.17) is 9.47 Å². The molecule has 28 heavy (non-hydrogen) atoms. The van der Waals surface area contributed by atoms with Crippen molar-refractivity contribution >= 4 is 11.9 Å². The zero-order valence-corrected chi connectivity index (χ0v) is 16.4. The van der Waals surface area contributed by atoms with Crippen LogP contribution < -0.4 is 10.1 Å². The van der Waals surface area contributed by atoms with E-state index in [9.17, 15) is 14.0 Å². The second-order valence-corrected chi connectivity index (χ2v) is 6.97. The van der Waals surface area contributed by atoms with Crippen LogP contribution in [0.25, 0.3) is 0 Å². The molecule has 0 unspecified atom stereocenters. The van der Waals surface area contributed by atoms with Crippen molar-refractivity contribution in [2.45, 2.75) is 32.7 Å². The second-order valence-electron chi connectivity index (χ2n) is 6.97. The van der Waals surface area contributed by atoms with Crippen molar-refractivity contribution in [1.82, 2.24) is 5.32 Å². The predicted molar refractivity (Wildman–Crippen MR) is 104 cm³/mol. The van der Waals surface area contributed by atoms with Crippen LogP contribution in [0.4, 0.5) is 4.39 Å². The van der Waals surface area contributed by atoms with E-state index in [1.54, 1.807) is 6.07 Å². The Morgan fingerprint density at radius 2 is 1.82 bits per heavy atom. The van der Waals surface area contributed by atoms with Gasteiger partial charge in [-0.25, -0.2) is 4.39 Å². The van der Waals surface area contributed by atoms with E-state index in [-0.39, 0.29) is 30.7 Å². The maximum atomic E-state index is 13.7. The van der Waals surface area contributed by atoms with Gasteiger partial charge in [0.2, 0.25) is 0 Å². The van der Waals surface area contributed by atoms with Crippen LogP contribution in [-0.2, 0) is 20.7 Å². The maximum absolute atomic E-state index is 13.7. The molecule has 6 heteroatoms. The van der Waals surface area contributed by atoms with Crippen LogP contribution in [0.2, 0.25) is 0 Å². The van der Waals surface area contributed by atoms with Crippen molar-refractivity contribution in [2.75, 3.05) is 13.7 Å². The van der Waals surface area contributed by atoms with Crippen LogP contribution in [0.1, 0.15) is 37.4 Å². The number of hydrogen-bond donors (Lipinski definition) is 1. The molecule has 0 radical (unpaired) electrons. The predicted octanol–water partition coefficient (Wildman–Crippen LogP) is 3.82. The van der Waals surface area contributed by atoms with Crippen LogP contribution in [0.5, 0.6) is 5.75 Å². The number of hydrogen-bond acceptors (Lipinski definition) is 4. The highest BCUT2D eigenvalue weighted by atomic mass is 19.1. The standard InChI is InChI=1S/C22H26FNO4/c1-15(2)11-19(17-7-5-4-6-8-17)24-21(25)14-28-22(26)13-16-9-10-20(27-3)18(23)12-16/h4-10,12,15,19H,11,13-14H2,1-3H3,(H,24,25)/t19-/m1/s1. The summed E-state index contributed by atoms with van der Waals surface area (Å²) < 4.78 is 23.6. The quantitative estimate of drug-likeness (QED) is 0.665. The van der Waals surface area contributed by atoms with Crippen molar-refractivity contribution in [1.29, 1.82) is 0 Å². The first kappa shape index (κ1) is 21.4. The molecule has 1 N–H and O–H groups in total. The molecule has 0 spiro atoms. The number of halogens is 1. The van der Waals surface area contributed by atoms with Gasteiger partial charge in [-0.2, -0.15) is 0 Å². The van der Waals surface area contributed by atoms with Gasteiger partial charge in [-0.1, -0.05) is 50.2 Å². The molecule has 0 bridgehead atoms. The summed E-state index contributed by atoms with van der Waals surface area (Å²) in [6.45, 7) is 3.78. The van der Waals surface area contributed by atoms with E-state index < -0.39 is 11.8 Å². The van der Waals surface area contributed by atoms with Crippen LogP contribution in [0.3, 0.4) is 0 Å². The zero-order valence-electron chi connectivity index (χ0n) is 16.4. The zero-order chi connectivity index (χ0) is 20.5. The van der Waals surface area contributed by atoms with Crippen LogP contribution in [0.15, 0.2) is 48.5 Å². The van der Waals surface area contributed by atoms with Crippen LogP contribution in [0, 0.1) is 11.7 Å². The van der Waals surface area contributed by atoms with E-state index >= 15 is 0 Å². The van der Waals surface area contributed by atoms with E-state index in [0.29, 0.717) is 11.5 Å². The molecule has 5 nitrogen and oxygen atoms in total. The molecular weight excluding hydrogens is 361 g/mol. The Morgan fingerprint density at radius 1 is 1.11 bits per heavy atom. The molecule has 0 aliphatic carbocycles. The number of nitrogens with one attached hydrogen (secondary N) is 1. The van der Waals surface area contributed by atoms with Gasteiger partial charge in [-0.05, 0) is 35.6 Å². The Labute approximate surface area is 164 Å². The third-order valence-corrected chi connectivity index (χ3v) is 4.17. The second kappa shape index (κ2) is 10.4. The number of rotatable bonds is 9. The minimum Gasteiger partial charge on any atom is -0.494 e. The molecule has 2 rings (SSSR count). The Hall–Kier alpha value is -2.89. The minimum absolute atomic E-state index is 0.105. The Bertz CT molecular complexity index is 792.